The summed E-state index contributed by atoms with van der Waals surface area (Å²) in [5, 5.41) is 9.07. The lowest BCUT2D eigenvalue weighted by atomic mass is 9.85. The lowest BCUT2D eigenvalue weighted by Gasteiger charge is -2.35. The molecule has 1 aliphatic heterocycles. The van der Waals surface area contributed by atoms with Crippen molar-refractivity contribution in [1.29, 1.82) is 0 Å². The Morgan fingerprint density at radius 3 is 2.31 bits per heavy atom. The fourth-order valence-electron chi connectivity index (χ4n) is 3.74. The van der Waals surface area contributed by atoms with Crippen molar-refractivity contribution in [2.24, 2.45) is 0 Å². The average Bonchev–Trinajstić information content (AvgIpc) is 2.68. The maximum Gasteiger partial charge on any atom is 0.223 e. The molecule has 1 saturated heterocycles. The molecule has 0 aromatic heterocycles. The van der Waals surface area contributed by atoms with E-state index in [1.807, 2.05) is 29.2 Å². The first-order chi connectivity index (χ1) is 12.7. The van der Waals surface area contributed by atoms with Gasteiger partial charge in [-0.05, 0) is 23.6 Å². The molecule has 0 spiro atoms. The number of nitrogens with zero attached hydrogens (tertiary/aromatic N) is 2. The van der Waals surface area contributed by atoms with Crippen LogP contribution in [0.5, 0.6) is 0 Å². The van der Waals surface area contributed by atoms with E-state index in [2.05, 4.69) is 42.2 Å². The molecule has 3 rings (SSSR count). The maximum absolute atomic E-state index is 13.0. The molecule has 0 unspecified atom stereocenters. The predicted octanol–water partition coefficient (Wildman–Crippen LogP) is 2.65. The van der Waals surface area contributed by atoms with Crippen molar-refractivity contribution >= 4 is 5.91 Å². The van der Waals surface area contributed by atoms with Gasteiger partial charge >= 0.3 is 0 Å². The minimum Gasteiger partial charge on any atom is -0.395 e. The fourth-order valence-corrected chi connectivity index (χ4v) is 3.74. The molecule has 0 bridgehead atoms. The van der Waals surface area contributed by atoms with Gasteiger partial charge in [0, 0.05) is 45.1 Å². The number of hydrogen-bond acceptors (Lipinski definition) is 3. The van der Waals surface area contributed by atoms with Crippen LogP contribution in [0.3, 0.4) is 0 Å². The molecule has 1 heterocycles. The molecular formula is C22H28N2O2. The number of rotatable bonds is 6. The number of hydrogen-bond donors (Lipinski definition) is 1. The highest BCUT2D eigenvalue weighted by Gasteiger charge is 2.25. The van der Waals surface area contributed by atoms with E-state index < -0.39 is 0 Å². The second-order valence-corrected chi connectivity index (χ2v) is 6.97. The van der Waals surface area contributed by atoms with Crippen LogP contribution in [0.4, 0.5) is 0 Å². The summed E-state index contributed by atoms with van der Waals surface area (Å²) in [6.45, 7) is 6.15. The highest BCUT2D eigenvalue weighted by Crippen LogP contribution is 2.31. The van der Waals surface area contributed by atoms with Gasteiger partial charge in [-0.15, -0.1) is 0 Å². The monoisotopic (exact) mass is 352 g/mol. The third kappa shape index (κ3) is 4.51. The summed E-state index contributed by atoms with van der Waals surface area (Å²) in [4.78, 5) is 17.2. The minimum absolute atomic E-state index is 0.0837. The molecular weight excluding hydrogens is 324 g/mol. The molecule has 138 valence electrons. The van der Waals surface area contributed by atoms with Crippen molar-refractivity contribution in [2.75, 3.05) is 39.3 Å². The van der Waals surface area contributed by atoms with Crippen LogP contribution in [0.25, 0.3) is 0 Å². The van der Waals surface area contributed by atoms with Crippen LogP contribution in [-0.2, 0) is 4.79 Å². The molecule has 0 saturated carbocycles. The normalized spacial score (nSPS) is 16.5. The van der Waals surface area contributed by atoms with Crippen molar-refractivity contribution in [2.45, 2.75) is 19.3 Å². The van der Waals surface area contributed by atoms with E-state index in [0.29, 0.717) is 13.0 Å². The Balaban J connectivity index is 1.74. The summed E-state index contributed by atoms with van der Waals surface area (Å²) < 4.78 is 0. The minimum atomic E-state index is 0.0837. The van der Waals surface area contributed by atoms with Gasteiger partial charge in [-0.1, -0.05) is 54.6 Å². The molecule has 4 heteroatoms. The summed E-state index contributed by atoms with van der Waals surface area (Å²) in [7, 11) is 0. The van der Waals surface area contributed by atoms with Gasteiger partial charge in [-0.3, -0.25) is 9.69 Å². The summed E-state index contributed by atoms with van der Waals surface area (Å²) >= 11 is 0. The van der Waals surface area contributed by atoms with Crippen LogP contribution >= 0.6 is 0 Å². The van der Waals surface area contributed by atoms with Gasteiger partial charge in [0.05, 0.1) is 6.61 Å². The lowest BCUT2D eigenvalue weighted by molar-refractivity contribution is -0.133. The van der Waals surface area contributed by atoms with Crippen LogP contribution in [0.15, 0.2) is 54.6 Å². The molecule has 1 amide bonds. The van der Waals surface area contributed by atoms with Crippen molar-refractivity contribution in [3.8, 4) is 0 Å². The van der Waals surface area contributed by atoms with E-state index in [1.54, 1.807) is 0 Å². The molecule has 1 fully saturated rings. The molecule has 26 heavy (non-hydrogen) atoms. The lowest BCUT2D eigenvalue weighted by Crippen LogP contribution is -2.49. The summed E-state index contributed by atoms with van der Waals surface area (Å²) in [6, 6.07) is 18.7. The Bertz CT molecular complexity index is 709. The van der Waals surface area contributed by atoms with Crippen LogP contribution in [-0.4, -0.2) is 60.1 Å². The second kappa shape index (κ2) is 8.97. The molecule has 1 atom stereocenters. The number of aliphatic hydroxyl groups is 1. The Kier molecular flexibility index (Phi) is 6.42. The molecule has 1 aliphatic rings. The van der Waals surface area contributed by atoms with Gasteiger partial charge in [-0.2, -0.15) is 0 Å². The SMILES string of the molecule is Cc1ccccc1[C@@H](CC(=O)N1CCN(CCO)CC1)c1ccccc1. The van der Waals surface area contributed by atoms with Crippen molar-refractivity contribution < 1.29 is 9.90 Å². The zero-order valence-electron chi connectivity index (χ0n) is 15.5. The second-order valence-electron chi connectivity index (χ2n) is 6.97. The molecule has 1 N–H and O–H groups in total. The van der Waals surface area contributed by atoms with Crippen LogP contribution in [0.1, 0.15) is 29.0 Å². The van der Waals surface area contributed by atoms with E-state index >= 15 is 0 Å². The first-order valence-electron chi connectivity index (χ1n) is 9.40. The predicted molar refractivity (Wildman–Crippen MR) is 104 cm³/mol. The van der Waals surface area contributed by atoms with E-state index in [9.17, 15) is 4.79 Å². The number of carbonyl (C=O) groups is 1. The largest absolute Gasteiger partial charge is 0.395 e. The summed E-state index contributed by atoms with van der Waals surface area (Å²) in [6.07, 6.45) is 0.495. The topological polar surface area (TPSA) is 43.8 Å². The molecule has 2 aromatic carbocycles. The van der Waals surface area contributed by atoms with Gasteiger partial charge in [0.25, 0.3) is 0 Å². The molecule has 0 radical (unpaired) electrons. The van der Waals surface area contributed by atoms with E-state index in [4.69, 9.17) is 5.11 Å². The Morgan fingerprint density at radius 2 is 1.65 bits per heavy atom. The third-order valence-corrected chi connectivity index (χ3v) is 5.29. The van der Waals surface area contributed by atoms with Gasteiger partial charge in [0.1, 0.15) is 0 Å². The maximum atomic E-state index is 13.0. The number of aryl methyl sites for hydroxylation is 1. The molecule has 2 aromatic rings. The first kappa shape index (κ1) is 18.6. The van der Waals surface area contributed by atoms with Crippen LogP contribution in [0, 0.1) is 6.92 Å². The standard InChI is InChI=1S/C22H28N2O2/c1-18-7-5-6-10-20(18)21(19-8-3-2-4-9-19)17-22(26)24-13-11-23(12-14-24)15-16-25/h2-10,21,25H,11-17H2,1H3/t21-/m0/s1. The third-order valence-electron chi connectivity index (χ3n) is 5.29. The Hall–Kier alpha value is -2.17. The van der Waals surface area contributed by atoms with Gasteiger partial charge in [0.2, 0.25) is 5.91 Å². The quantitative estimate of drug-likeness (QED) is 0.869. The van der Waals surface area contributed by atoms with Gasteiger partial charge in [0.15, 0.2) is 0 Å². The summed E-state index contributed by atoms with van der Waals surface area (Å²) in [5.41, 5.74) is 3.64. The number of piperazine rings is 1. The first-order valence-corrected chi connectivity index (χ1v) is 9.40. The highest BCUT2D eigenvalue weighted by atomic mass is 16.3. The number of carbonyl (C=O) groups excluding carboxylic acids is 1. The fraction of sp³-hybridized carbons (Fsp3) is 0.409. The number of β-amino-alcohol motifs (C(OH)–C–C–N with tert-alkyl or cyclic N) is 1. The zero-order chi connectivity index (χ0) is 18.4. The Labute approximate surface area is 156 Å². The zero-order valence-corrected chi connectivity index (χ0v) is 15.5. The molecule has 0 aliphatic carbocycles. The number of amides is 1. The van der Waals surface area contributed by atoms with Gasteiger partial charge < -0.3 is 10.0 Å². The highest BCUT2D eigenvalue weighted by molar-refractivity contribution is 5.78. The average molecular weight is 352 g/mol. The van der Waals surface area contributed by atoms with Crippen LogP contribution in [0.2, 0.25) is 0 Å². The number of aliphatic hydroxyl groups excluding tert-OH is 1. The van der Waals surface area contributed by atoms with Crippen molar-refractivity contribution in [1.82, 2.24) is 9.80 Å². The smallest absolute Gasteiger partial charge is 0.223 e. The number of benzene rings is 2. The van der Waals surface area contributed by atoms with Crippen molar-refractivity contribution in [3.63, 3.8) is 0 Å². The Morgan fingerprint density at radius 1 is 1.00 bits per heavy atom. The van der Waals surface area contributed by atoms with Gasteiger partial charge in [-0.25, -0.2) is 0 Å². The van der Waals surface area contributed by atoms with E-state index in [1.165, 1.54) is 16.7 Å². The van der Waals surface area contributed by atoms with E-state index in [0.717, 1.165) is 26.2 Å². The van der Waals surface area contributed by atoms with Crippen LogP contribution < -0.4 is 0 Å². The summed E-state index contributed by atoms with van der Waals surface area (Å²) in [5.74, 6) is 0.297. The molecule has 4 nitrogen and oxygen atoms in total. The van der Waals surface area contributed by atoms with Crippen molar-refractivity contribution in [3.05, 3.63) is 71.3 Å². The van der Waals surface area contributed by atoms with E-state index in [-0.39, 0.29) is 18.4 Å².